The van der Waals surface area contributed by atoms with Gasteiger partial charge in [-0.3, -0.25) is 4.79 Å². The van der Waals surface area contributed by atoms with Gasteiger partial charge < -0.3 is 4.18 Å². The van der Waals surface area contributed by atoms with Gasteiger partial charge in [-0.05, 0) is 18.8 Å². The lowest BCUT2D eigenvalue weighted by molar-refractivity contribution is -0.133. The summed E-state index contributed by atoms with van der Waals surface area (Å²) in [4.78, 5) is 11.1. The summed E-state index contributed by atoms with van der Waals surface area (Å²) in [5.41, 5.74) is 0. The third kappa shape index (κ3) is 6.10. The first-order chi connectivity index (χ1) is 7.47. The molecule has 0 N–H and O–H groups in total. The fourth-order valence-electron chi connectivity index (χ4n) is 2.22. The van der Waals surface area contributed by atoms with Gasteiger partial charge in [0.25, 0.3) is 0 Å². The Morgan fingerprint density at radius 3 is 2.44 bits per heavy atom. The molecule has 0 aliphatic heterocycles. The van der Waals surface area contributed by atoms with Crippen molar-refractivity contribution >= 4 is 16.1 Å². The van der Waals surface area contributed by atoms with Gasteiger partial charge >= 0.3 is 16.1 Å². The molecule has 16 heavy (non-hydrogen) atoms. The fourth-order valence-corrected chi connectivity index (χ4v) is 2.64. The SMILES string of the molecule is CS(=O)(=O)OC(=O)CCCC1CCCCC1. The molecule has 0 unspecified atom stereocenters. The maximum Gasteiger partial charge on any atom is 0.322 e. The molecule has 1 aliphatic rings. The highest BCUT2D eigenvalue weighted by Crippen LogP contribution is 2.27. The third-order valence-corrected chi connectivity index (χ3v) is 3.45. The second-order valence-corrected chi connectivity index (χ2v) is 6.13. The molecule has 0 aromatic carbocycles. The highest BCUT2D eigenvalue weighted by Gasteiger charge is 2.15. The molecule has 0 saturated heterocycles. The van der Waals surface area contributed by atoms with E-state index in [1.165, 1.54) is 32.1 Å². The number of carbonyl (C=O) groups is 1. The predicted molar refractivity (Wildman–Crippen MR) is 61.4 cm³/mol. The van der Waals surface area contributed by atoms with Gasteiger partial charge in [0.05, 0.1) is 6.26 Å². The molecule has 0 aromatic heterocycles. The van der Waals surface area contributed by atoms with Crippen LogP contribution in [0.25, 0.3) is 0 Å². The van der Waals surface area contributed by atoms with Crippen LogP contribution >= 0.6 is 0 Å². The first kappa shape index (κ1) is 13.5. The molecule has 0 atom stereocenters. The highest BCUT2D eigenvalue weighted by atomic mass is 32.2. The van der Waals surface area contributed by atoms with Crippen LogP contribution in [0.2, 0.25) is 0 Å². The van der Waals surface area contributed by atoms with E-state index in [0.29, 0.717) is 0 Å². The summed E-state index contributed by atoms with van der Waals surface area (Å²) in [7, 11) is -3.63. The molecule has 94 valence electrons. The van der Waals surface area contributed by atoms with Crippen molar-refractivity contribution in [3.8, 4) is 0 Å². The van der Waals surface area contributed by atoms with E-state index in [4.69, 9.17) is 0 Å². The molecule has 0 bridgehead atoms. The van der Waals surface area contributed by atoms with Crippen LogP contribution in [0.5, 0.6) is 0 Å². The maximum atomic E-state index is 11.1. The van der Waals surface area contributed by atoms with Crippen molar-refractivity contribution in [3.63, 3.8) is 0 Å². The number of hydrogen-bond donors (Lipinski definition) is 0. The molecule has 0 aromatic rings. The lowest BCUT2D eigenvalue weighted by Crippen LogP contribution is -2.12. The van der Waals surface area contributed by atoms with Crippen molar-refractivity contribution < 1.29 is 17.4 Å². The van der Waals surface area contributed by atoms with Crippen LogP contribution in [0.15, 0.2) is 0 Å². The average molecular weight is 248 g/mol. The second kappa shape index (κ2) is 6.23. The van der Waals surface area contributed by atoms with Crippen molar-refractivity contribution in [1.82, 2.24) is 0 Å². The Bertz CT molecular complexity index is 315. The predicted octanol–water partition coefficient (Wildman–Crippen LogP) is 2.24. The van der Waals surface area contributed by atoms with Gasteiger partial charge in [0, 0.05) is 6.42 Å². The monoisotopic (exact) mass is 248 g/mol. The summed E-state index contributed by atoms with van der Waals surface area (Å²) in [6.45, 7) is 0. The maximum absolute atomic E-state index is 11.1. The zero-order chi connectivity index (χ0) is 12.0. The zero-order valence-corrected chi connectivity index (χ0v) is 10.6. The molecule has 1 fully saturated rings. The summed E-state index contributed by atoms with van der Waals surface area (Å²) < 4.78 is 25.6. The number of hydrogen-bond acceptors (Lipinski definition) is 4. The van der Waals surface area contributed by atoms with Gasteiger partial charge in [-0.25, -0.2) is 0 Å². The van der Waals surface area contributed by atoms with Gasteiger partial charge in [-0.15, -0.1) is 0 Å². The standard InChI is InChI=1S/C11H20O4S/c1-16(13,14)15-11(12)9-5-8-10-6-3-2-4-7-10/h10H,2-9H2,1H3. The molecular formula is C11H20O4S. The van der Waals surface area contributed by atoms with E-state index in [-0.39, 0.29) is 6.42 Å². The van der Waals surface area contributed by atoms with Gasteiger partial charge in [0.15, 0.2) is 0 Å². The van der Waals surface area contributed by atoms with Gasteiger partial charge in [0.1, 0.15) is 0 Å². The third-order valence-electron chi connectivity index (χ3n) is 2.96. The average Bonchev–Trinajstić information content (AvgIpc) is 2.16. The van der Waals surface area contributed by atoms with Crippen LogP contribution in [0, 0.1) is 5.92 Å². The van der Waals surface area contributed by atoms with Crippen LogP contribution < -0.4 is 0 Å². The van der Waals surface area contributed by atoms with Crippen LogP contribution in [0.4, 0.5) is 0 Å². The molecule has 0 spiro atoms. The summed E-state index contributed by atoms with van der Waals surface area (Å²) >= 11 is 0. The minimum absolute atomic E-state index is 0.212. The Balaban J connectivity index is 2.12. The van der Waals surface area contributed by atoms with Crippen LogP contribution in [0.3, 0.4) is 0 Å². The van der Waals surface area contributed by atoms with Gasteiger partial charge in [-0.1, -0.05) is 32.1 Å². The molecule has 4 nitrogen and oxygen atoms in total. The van der Waals surface area contributed by atoms with E-state index in [2.05, 4.69) is 4.18 Å². The first-order valence-corrected chi connectivity index (χ1v) is 7.71. The van der Waals surface area contributed by atoms with Crippen molar-refractivity contribution in [2.45, 2.75) is 51.4 Å². The zero-order valence-electron chi connectivity index (χ0n) is 9.78. The van der Waals surface area contributed by atoms with E-state index in [9.17, 15) is 13.2 Å². The van der Waals surface area contributed by atoms with Crippen molar-refractivity contribution in [3.05, 3.63) is 0 Å². The van der Waals surface area contributed by atoms with E-state index < -0.39 is 16.1 Å². The molecule has 0 amide bonds. The second-order valence-electron chi connectivity index (χ2n) is 4.56. The summed E-state index contributed by atoms with van der Waals surface area (Å²) in [6, 6.07) is 0. The Morgan fingerprint density at radius 2 is 1.88 bits per heavy atom. The molecular weight excluding hydrogens is 228 g/mol. The summed E-state index contributed by atoms with van der Waals surface area (Å²) in [5, 5.41) is 0. The lowest BCUT2D eigenvalue weighted by atomic mass is 9.86. The van der Waals surface area contributed by atoms with Crippen LogP contribution in [-0.2, 0) is 19.1 Å². The van der Waals surface area contributed by atoms with E-state index in [1.807, 2.05) is 0 Å². The minimum atomic E-state index is -3.63. The van der Waals surface area contributed by atoms with E-state index in [1.54, 1.807) is 0 Å². The Morgan fingerprint density at radius 1 is 1.25 bits per heavy atom. The summed E-state index contributed by atoms with van der Waals surface area (Å²) in [6.07, 6.45) is 9.26. The Kier molecular flexibility index (Phi) is 5.25. The minimum Gasteiger partial charge on any atom is -0.346 e. The Labute approximate surface area is 97.5 Å². The normalized spacial score (nSPS) is 18.3. The largest absolute Gasteiger partial charge is 0.346 e. The Hall–Kier alpha value is -0.580. The van der Waals surface area contributed by atoms with Crippen molar-refractivity contribution in [2.75, 3.05) is 6.26 Å². The molecule has 1 saturated carbocycles. The highest BCUT2D eigenvalue weighted by molar-refractivity contribution is 7.86. The molecule has 1 rings (SSSR count). The number of rotatable bonds is 5. The quantitative estimate of drug-likeness (QED) is 0.700. The molecule has 5 heteroatoms. The van der Waals surface area contributed by atoms with E-state index in [0.717, 1.165) is 25.0 Å². The van der Waals surface area contributed by atoms with Crippen LogP contribution in [-0.4, -0.2) is 20.6 Å². The molecule has 0 heterocycles. The van der Waals surface area contributed by atoms with Crippen LogP contribution in [0.1, 0.15) is 51.4 Å². The number of carbonyl (C=O) groups excluding carboxylic acids is 1. The fraction of sp³-hybridized carbons (Fsp3) is 0.909. The van der Waals surface area contributed by atoms with E-state index >= 15 is 0 Å². The lowest BCUT2D eigenvalue weighted by Gasteiger charge is -2.20. The first-order valence-electron chi connectivity index (χ1n) is 5.89. The molecule has 0 radical (unpaired) electrons. The smallest absolute Gasteiger partial charge is 0.322 e. The summed E-state index contributed by atoms with van der Waals surface area (Å²) in [5.74, 6) is 0.0955. The molecule has 1 aliphatic carbocycles. The van der Waals surface area contributed by atoms with Crippen molar-refractivity contribution in [2.24, 2.45) is 5.92 Å². The van der Waals surface area contributed by atoms with Gasteiger partial charge in [-0.2, -0.15) is 8.42 Å². The topological polar surface area (TPSA) is 60.4 Å². The van der Waals surface area contributed by atoms with Crippen molar-refractivity contribution in [1.29, 1.82) is 0 Å². The van der Waals surface area contributed by atoms with Gasteiger partial charge in [0.2, 0.25) is 0 Å².